The number of aromatic amines is 2. The molecular formula is C23H27N7O2. The predicted octanol–water partition coefficient (Wildman–Crippen LogP) is 2.95. The van der Waals surface area contributed by atoms with Crippen LogP contribution in [0.1, 0.15) is 13.8 Å². The molecule has 32 heavy (non-hydrogen) atoms. The summed E-state index contributed by atoms with van der Waals surface area (Å²) in [5.74, 6) is 2.38. The van der Waals surface area contributed by atoms with Gasteiger partial charge in [-0.25, -0.2) is 4.98 Å². The Morgan fingerprint density at radius 2 is 1.72 bits per heavy atom. The number of aromatic nitrogens is 5. The number of hydrogen-bond acceptors (Lipinski definition) is 7. The van der Waals surface area contributed by atoms with Crippen molar-refractivity contribution in [3.05, 3.63) is 30.5 Å². The van der Waals surface area contributed by atoms with Crippen molar-refractivity contribution >= 4 is 33.8 Å². The lowest BCUT2D eigenvalue weighted by Gasteiger charge is -2.36. The Morgan fingerprint density at radius 3 is 2.50 bits per heavy atom. The second kappa shape index (κ2) is 7.75. The monoisotopic (exact) mass is 433 g/mol. The molecule has 1 unspecified atom stereocenters. The van der Waals surface area contributed by atoms with E-state index in [1.54, 1.807) is 0 Å². The summed E-state index contributed by atoms with van der Waals surface area (Å²) in [7, 11) is 0. The number of hydrogen-bond donors (Lipinski definition) is 2. The largest absolute Gasteiger partial charge is 0.377 e. The van der Waals surface area contributed by atoms with Crippen LogP contribution in [-0.4, -0.2) is 76.5 Å². The summed E-state index contributed by atoms with van der Waals surface area (Å²) in [5.41, 5.74) is 3.68. The first-order chi connectivity index (χ1) is 15.7. The molecule has 2 aliphatic heterocycles. The van der Waals surface area contributed by atoms with E-state index in [0.29, 0.717) is 26.4 Å². The molecule has 9 nitrogen and oxygen atoms in total. The average Bonchev–Trinajstić information content (AvgIpc) is 3.46. The summed E-state index contributed by atoms with van der Waals surface area (Å²) in [6, 6.07) is 8.70. The van der Waals surface area contributed by atoms with Crippen molar-refractivity contribution in [2.75, 3.05) is 49.3 Å². The third kappa shape index (κ3) is 3.20. The Hall–Kier alpha value is -3.17. The summed E-state index contributed by atoms with van der Waals surface area (Å²) in [5, 5.41) is 1.13. The number of nitrogens with one attached hydrogen (secondary N) is 2. The van der Waals surface area contributed by atoms with Gasteiger partial charge >= 0.3 is 0 Å². The molecule has 5 heterocycles. The fourth-order valence-electron chi connectivity index (χ4n) is 4.69. The molecule has 3 aromatic heterocycles. The van der Waals surface area contributed by atoms with Gasteiger partial charge in [0.1, 0.15) is 5.82 Å². The molecule has 2 N–H and O–H groups in total. The van der Waals surface area contributed by atoms with Gasteiger partial charge in [-0.15, -0.1) is 0 Å². The first-order valence-corrected chi connectivity index (χ1v) is 11.2. The SMILES string of the molecule is CC1COCCN1c1nc(N2CCOC[C@@H]2C)c2nc(-c3cccc4[nH]ccc34)[nH]c2n1. The Bertz CT molecular complexity index is 1270. The molecule has 2 aliphatic rings. The smallest absolute Gasteiger partial charge is 0.229 e. The topological polar surface area (TPSA) is 95.2 Å². The van der Waals surface area contributed by atoms with Crippen LogP contribution in [0.15, 0.2) is 30.5 Å². The van der Waals surface area contributed by atoms with E-state index in [-0.39, 0.29) is 12.1 Å². The van der Waals surface area contributed by atoms with Crippen molar-refractivity contribution in [2.24, 2.45) is 0 Å². The lowest BCUT2D eigenvalue weighted by atomic mass is 10.1. The van der Waals surface area contributed by atoms with Crippen molar-refractivity contribution in [1.29, 1.82) is 0 Å². The van der Waals surface area contributed by atoms with E-state index in [1.807, 2.05) is 12.3 Å². The zero-order valence-corrected chi connectivity index (χ0v) is 18.3. The van der Waals surface area contributed by atoms with Gasteiger partial charge in [0.15, 0.2) is 17.0 Å². The van der Waals surface area contributed by atoms with E-state index in [4.69, 9.17) is 24.4 Å². The van der Waals surface area contributed by atoms with Gasteiger partial charge < -0.3 is 29.2 Å². The van der Waals surface area contributed by atoms with Gasteiger partial charge in [0.2, 0.25) is 5.95 Å². The summed E-state index contributed by atoms with van der Waals surface area (Å²) in [6.45, 7) is 8.57. The minimum atomic E-state index is 0.213. The number of H-pyrrole nitrogens is 2. The lowest BCUT2D eigenvalue weighted by Crippen LogP contribution is -2.46. The molecule has 0 bridgehead atoms. The van der Waals surface area contributed by atoms with E-state index in [9.17, 15) is 0 Å². The highest BCUT2D eigenvalue weighted by molar-refractivity contribution is 5.96. The quantitative estimate of drug-likeness (QED) is 0.513. The fourth-order valence-corrected chi connectivity index (χ4v) is 4.69. The van der Waals surface area contributed by atoms with Gasteiger partial charge in [-0.3, -0.25) is 0 Å². The maximum absolute atomic E-state index is 5.68. The van der Waals surface area contributed by atoms with E-state index in [1.165, 1.54) is 0 Å². The molecule has 2 saturated heterocycles. The number of nitrogens with zero attached hydrogens (tertiary/aromatic N) is 5. The maximum atomic E-state index is 5.68. The highest BCUT2D eigenvalue weighted by Crippen LogP contribution is 2.33. The summed E-state index contributed by atoms with van der Waals surface area (Å²) in [4.78, 5) is 26.3. The molecule has 6 rings (SSSR count). The number of anilines is 2. The first kappa shape index (κ1) is 19.5. The van der Waals surface area contributed by atoms with Crippen LogP contribution in [0.5, 0.6) is 0 Å². The molecule has 0 amide bonds. The Balaban J connectivity index is 1.53. The molecule has 0 aliphatic carbocycles. The number of benzene rings is 1. The van der Waals surface area contributed by atoms with Crippen LogP contribution in [-0.2, 0) is 9.47 Å². The number of imidazole rings is 1. The zero-order valence-electron chi connectivity index (χ0n) is 18.3. The number of fused-ring (bicyclic) bond motifs is 2. The second-order valence-corrected chi connectivity index (χ2v) is 8.61. The van der Waals surface area contributed by atoms with E-state index in [2.05, 4.69) is 51.8 Å². The van der Waals surface area contributed by atoms with Crippen LogP contribution in [0.4, 0.5) is 11.8 Å². The van der Waals surface area contributed by atoms with Crippen LogP contribution in [0.3, 0.4) is 0 Å². The minimum absolute atomic E-state index is 0.213. The first-order valence-electron chi connectivity index (χ1n) is 11.2. The molecule has 166 valence electrons. The van der Waals surface area contributed by atoms with Crippen molar-refractivity contribution < 1.29 is 9.47 Å². The number of ether oxygens (including phenoxy) is 2. The minimum Gasteiger partial charge on any atom is -0.377 e. The van der Waals surface area contributed by atoms with Gasteiger partial charge in [0.05, 0.1) is 38.5 Å². The van der Waals surface area contributed by atoms with E-state index in [0.717, 1.165) is 58.3 Å². The number of rotatable bonds is 3. The van der Waals surface area contributed by atoms with Crippen molar-refractivity contribution in [1.82, 2.24) is 24.9 Å². The van der Waals surface area contributed by atoms with Gasteiger partial charge in [0.25, 0.3) is 0 Å². The van der Waals surface area contributed by atoms with E-state index < -0.39 is 0 Å². The lowest BCUT2D eigenvalue weighted by molar-refractivity contribution is 0.0973. The van der Waals surface area contributed by atoms with Crippen LogP contribution in [0.25, 0.3) is 33.5 Å². The Morgan fingerprint density at radius 1 is 0.938 bits per heavy atom. The van der Waals surface area contributed by atoms with Crippen LogP contribution in [0, 0.1) is 0 Å². The maximum Gasteiger partial charge on any atom is 0.229 e. The molecule has 2 atom stereocenters. The van der Waals surface area contributed by atoms with Crippen molar-refractivity contribution in [2.45, 2.75) is 25.9 Å². The second-order valence-electron chi connectivity index (χ2n) is 8.61. The fraction of sp³-hybridized carbons (Fsp3) is 0.435. The standard InChI is InChI=1S/C23H27N7O2/c1-14-12-31-10-8-29(14)22-19-21(27-23(28-22)30-9-11-32-13-15(30)2)26-20(25-19)17-4-3-5-18-16(17)6-7-24-18/h3-7,14-15,24H,8-13H2,1-2H3,(H,25,26,27,28)/t14-,15?/m0/s1. The molecule has 2 fully saturated rings. The third-order valence-corrected chi connectivity index (χ3v) is 6.43. The summed E-state index contributed by atoms with van der Waals surface area (Å²) >= 11 is 0. The van der Waals surface area contributed by atoms with Gasteiger partial charge in [0, 0.05) is 35.8 Å². The van der Waals surface area contributed by atoms with Crippen LogP contribution in [0.2, 0.25) is 0 Å². The molecule has 1 aromatic carbocycles. The molecule has 0 spiro atoms. The normalized spacial score (nSPS) is 22.2. The molecule has 0 radical (unpaired) electrons. The molecule has 4 aromatic rings. The molecular weight excluding hydrogens is 406 g/mol. The highest BCUT2D eigenvalue weighted by Gasteiger charge is 2.28. The number of morpholine rings is 2. The Kier molecular flexibility index (Phi) is 4.73. The average molecular weight is 434 g/mol. The van der Waals surface area contributed by atoms with Crippen LogP contribution < -0.4 is 9.80 Å². The molecule has 9 heteroatoms. The zero-order chi connectivity index (χ0) is 21.7. The van der Waals surface area contributed by atoms with Gasteiger partial charge in [-0.1, -0.05) is 12.1 Å². The summed E-state index contributed by atoms with van der Waals surface area (Å²) < 4.78 is 11.3. The van der Waals surface area contributed by atoms with Crippen molar-refractivity contribution in [3.8, 4) is 11.4 Å². The van der Waals surface area contributed by atoms with Crippen molar-refractivity contribution in [3.63, 3.8) is 0 Å². The van der Waals surface area contributed by atoms with Gasteiger partial charge in [-0.05, 0) is 26.0 Å². The van der Waals surface area contributed by atoms with Gasteiger partial charge in [-0.2, -0.15) is 9.97 Å². The molecule has 0 saturated carbocycles. The van der Waals surface area contributed by atoms with E-state index >= 15 is 0 Å². The summed E-state index contributed by atoms with van der Waals surface area (Å²) in [6.07, 6.45) is 1.95. The van der Waals surface area contributed by atoms with Crippen LogP contribution >= 0.6 is 0 Å². The highest BCUT2D eigenvalue weighted by atomic mass is 16.5. The third-order valence-electron chi connectivity index (χ3n) is 6.43. The Labute approximate surface area is 185 Å². The predicted molar refractivity (Wildman–Crippen MR) is 124 cm³/mol.